The quantitative estimate of drug-likeness (QED) is 0.710. The maximum Gasteiger partial charge on any atom is 0.306 e. The van der Waals surface area contributed by atoms with Crippen molar-refractivity contribution >= 4 is 16.0 Å². The highest BCUT2D eigenvalue weighted by Gasteiger charge is 2.19. The lowest BCUT2D eigenvalue weighted by atomic mass is 10.2. The standard InChI is InChI=1S/C11H16N2O5S/c1-2-18-9(6-11(14)15)7-13-19(16,17)10-4-3-5-12-8-10/h3-5,8-9,13H,2,6-7H2,1H3,(H,14,15). The molecule has 0 spiro atoms. The number of hydrogen-bond donors (Lipinski definition) is 2. The topological polar surface area (TPSA) is 106 Å². The molecule has 0 aliphatic rings. The average Bonchev–Trinajstić information content (AvgIpc) is 2.37. The Balaban J connectivity index is 2.65. The van der Waals surface area contributed by atoms with Crippen LogP contribution in [0.3, 0.4) is 0 Å². The number of carboxylic acids is 1. The minimum absolute atomic E-state index is 0.0283. The molecule has 0 aromatic carbocycles. The van der Waals surface area contributed by atoms with Crippen molar-refractivity contribution in [1.82, 2.24) is 9.71 Å². The van der Waals surface area contributed by atoms with E-state index in [1.807, 2.05) is 0 Å². The molecule has 0 saturated heterocycles. The Hall–Kier alpha value is -1.51. The fraction of sp³-hybridized carbons (Fsp3) is 0.455. The third-order valence-electron chi connectivity index (χ3n) is 2.25. The molecule has 1 atom stereocenters. The number of pyridine rings is 1. The van der Waals surface area contributed by atoms with Crippen molar-refractivity contribution in [3.05, 3.63) is 24.5 Å². The number of aromatic nitrogens is 1. The van der Waals surface area contributed by atoms with E-state index in [0.29, 0.717) is 6.61 Å². The van der Waals surface area contributed by atoms with Gasteiger partial charge in [-0.3, -0.25) is 9.78 Å². The van der Waals surface area contributed by atoms with Crippen molar-refractivity contribution in [2.45, 2.75) is 24.3 Å². The molecular formula is C11H16N2O5S. The molecule has 1 unspecified atom stereocenters. The van der Waals surface area contributed by atoms with E-state index in [2.05, 4.69) is 9.71 Å². The Morgan fingerprint density at radius 3 is 2.84 bits per heavy atom. The minimum Gasteiger partial charge on any atom is -0.481 e. The Morgan fingerprint density at radius 1 is 1.58 bits per heavy atom. The first kappa shape index (κ1) is 15.5. The number of carboxylic acid groups (broad SMARTS) is 1. The first-order valence-corrected chi connectivity index (χ1v) is 7.17. The number of nitrogens with zero attached hydrogens (tertiary/aromatic N) is 1. The molecule has 19 heavy (non-hydrogen) atoms. The lowest BCUT2D eigenvalue weighted by Crippen LogP contribution is -2.35. The summed E-state index contributed by atoms with van der Waals surface area (Å²) < 4.78 is 31.2. The maximum atomic E-state index is 11.9. The molecule has 7 nitrogen and oxygen atoms in total. The van der Waals surface area contributed by atoms with Crippen molar-refractivity contribution in [3.8, 4) is 0 Å². The maximum absolute atomic E-state index is 11.9. The van der Waals surface area contributed by atoms with Gasteiger partial charge < -0.3 is 9.84 Å². The largest absolute Gasteiger partial charge is 0.481 e. The second-order valence-corrected chi connectivity index (χ2v) is 5.48. The molecule has 0 aliphatic carbocycles. The van der Waals surface area contributed by atoms with Crippen LogP contribution >= 0.6 is 0 Å². The van der Waals surface area contributed by atoms with Gasteiger partial charge in [-0.1, -0.05) is 0 Å². The van der Waals surface area contributed by atoms with E-state index in [1.165, 1.54) is 24.5 Å². The molecule has 1 aromatic heterocycles. The van der Waals surface area contributed by atoms with Crippen LogP contribution in [0.2, 0.25) is 0 Å². The normalized spacial score (nSPS) is 13.1. The second-order valence-electron chi connectivity index (χ2n) is 3.72. The van der Waals surface area contributed by atoms with E-state index < -0.39 is 22.1 Å². The van der Waals surface area contributed by atoms with Gasteiger partial charge in [-0.25, -0.2) is 13.1 Å². The van der Waals surface area contributed by atoms with Gasteiger partial charge in [-0.2, -0.15) is 0 Å². The average molecular weight is 288 g/mol. The molecule has 1 heterocycles. The Morgan fingerprint density at radius 2 is 2.32 bits per heavy atom. The summed E-state index contributed by atoms with van der Waals surface area (Å²) in [5, 5.41) is 8.69. The first-order chi connectivity index (χ1) is 8.95. The zero-order chi connectivity index (χ0) is 14.3. The van der Waals surface area contributed by atoms with E-state index in [1.54, 1.807) is 6.92 Å². The molecule has 1 aromatic rings. The minimum atomic E-state index is -3.69. The summed E-state index contributed by atoms with van der Waals surface area (Å²) in [6, 6.07) is 2.91. The van der Waals surface area contributed by atoms with Crippen molar-refractivity contribution in [2.75, 3.05) is 13.2 Å². The molecule has 1 rings (SSSR count). The van der Waals surface area contributed by atoms with Gasteiger partial charge in [0.2, 0.25) is 10.0 Å². The number of carbonyl (C=O) groups is 1. The van der Waals surface area contributed by atoms with Gasteiger partial charge in [0.1, 0.15) is 4.90 Å². The van der Waals surface area contributed by atoms with Gasteiger partial charge >= 0.3 is 5.97 Å². The van der Waals surface area contributed by atoms with Crippen LogP contribution in [-0.4, -0.2) is 43.7 Å². The fourth-order valence-corrected chi connectivity index (χ4v) is 2.44. The third-order valence-corrected chi connectivity index (χ3v) is 3.66. The Kier molecular flexibility index (Phi) is 5.87. The van der Waals surface area contributed by atoms with E-state index in [-0.39, 0.29) is 17.9 Å². The van der Waals surface area contributed by atoms with Crippen molar-refractivity contribution in [2.24, 2.45) is 0 Å². The predicted molar refractivity (Wildman–Crippen MR) is 67.1 cm³/mol. The Labute approximate surface area is 111 Å². The van der Waals surface area contributed by atoms with Crippen LogP contribution < -0.4 is 4.72 Å². The third kappa shape index (κ3) is 5.33. The van der Waals surface area contributed by atoms with Crippen molar-refractivity contribution in [3.63, 3.8) is 0 Å². The van der Waals surface area contributed by atoms with Gasteiger partial charge in [0.15, 0.2) is 0 Å². The van der Waals surface area contributed by atoms with E-state index in [0.717, 1.165) is 0 Å². The summed E-state index contributed by atoms with van der Waals surface area (Å²) in [7, 11) is -3.69. The molecule has 0 fully saturated rings. The van der Waals surface area contributed by atoms with Gasteiger partial charge in [0.25, 0.3) is 0 Å². The van der Waals surface area contributed by atoms with Crippen molar-refractivity contribution < 1.29 is 23.1 Å². The van der Waals surface area contributed by atoms with Crippen LogP contribution in [0.1, 0.15) is 13.3 Å². The second kappa shape index (κ2) is 7.17. The SMILES string of the molecule is CCOC(CNS(=O)(=O)c1cccnc1)CC(=O)O. The fourth-order valence-electron chi connectivity index (χ4n) is 1.41. The highest BCUT2D eigenvalue weighted by Crippen LogP contribution is 2.06. The lowest BCUT2D eigenvalue weighted by Gasteiger charge is -2.15. The summed E-state index contributed by atoms with van der Waals surface area (Å²) in [5.41, 5.74) is 0. The number of rotatable bonds is 8. The summed E-state index contributed by atoms with van der Waals surface area (Å²) in [6.07, 6.45) is 1.72. The molecule has 0 radical (unpaired) electrons. The zero-order valence-corrected chi connectivity index (χ0v) is 11.3. The molecular weight excluding hydrogens is 272 g/mol. The first-order valence-electron chi connectivity index (χ1n) is 5.68. The molecule has 2 N–H and O–H groups in total. The Bertz CT molecular complexity index is 503. The van der Waals surface area contributed by atoms with Gasteiger partial charge in [0, 0.05) is 25.5 Å². The number of aliphatic carboxylic acids is 1. The number of hydrogen-bond acceptors (Lipinski definition) is 5. The van der Waals surface area contributed by atoms with Crippen molar-refractivity contribution in [1.29, 1.82) is 0 Å². The van der Waals surface area contributed by atoms with Gasteiger partial charge in [0.05, 0.1) is 12.5 Å². The summed E-state index contributed by atoms with van der Waals surface area (Å²) >= 11 is 0. The van der Waals surface area contributed by atoms with Crippen LogP contribution in [0.15, 0.2) is 29.4 Å². The number of sulfonamides is 1. The smallest absolute Gasteiger partial charge is 0.306 e. The predicted octanol–water partition coefficient (Wildman–Crippen LogP) is 0.240. The monoisotopic (exact) mass is 288 g/mol. The molecule has 0 amide bonds. The zero-order valence-electron chi connectivity index (χ0n) is 10.4. The number of nitrogens with one attached hydrogen (secondary N) is 1. The van der Waals surface area contributed by atoms with Crippen LogP contribution in [0.25, 0.3) is 0 Å². The van der Waals surface area contributed by atoms with Crippen LogP contribution in [0.5, 0.6) is 0 Å². The summed E-state index contributed by atoms with van der Waals surface area (Å²) in [4.78, 5) is 14.4. The van der Waals surface area contributed by atoms with Crippen LogP contribution in [0.4, 0.5) is 0 Å². The molecule has 0 saturated carbocycles. The van der Waals surface area contributed by atoms with Crippen LogP contribution in [0, 0.1) is 0 Å². The van der Waals surface area contributed by atoms with Gasteiger partial charge in [-0.15, -0.1) is 0 Å². The molecule has 8 heteroatoms. The van der Waals surface area contributed by atoms with Gasteiger partial charge in [-0.05, 0) is 19.1 Å². The van der Waals surface area contributed by atoms with Crippen LogP contribution in [-0.2, 0) is 19.6 Å². The molecule has 0 aliphatic heterocycles. The molecule has 0 bridgehead atoms. The lowest BCUT2D eigenvalue weighted by molar-refractivity contribution is -0.140. The van der Waals surface area contributed by atoms with E-state index in [9.17, 15) is 13.2 Å². The number of ether oxygens (including phenoxy) is 1. The highest BCUT2D eigenvalue weighted by molar-refractivity contribution is 7.89. The molecule has 106 valence electrons. The summed E-state index contributed by atoms with van der Waals surface area (Å²) in [6.45, 7) is 1.93. The van der Waals surface area contributed by atoms with E-state index in [4.69, 9.17) is 9.84 Å². The van der Waals surface area contributed by atoms with E-state index >= 15 is 0 Å². The summed E-state index contributed by atoms with van der Waals surface area (Å²) in [5.74, 6) is -1.04. The highest BCUT2D eigenvalue weighted by atomic mass is 32.2.